The highest BCUT2D eigenvalue weighted by molar-refractivity contribution is 6.22. The van der Waals surface area contributed by atoms with Crippen LogP contribution in [0.4, 0.5) is 5.69 Å². The second-order valence-corrected chi connectivity index (χ2v) is 10.3. The standard InChI is InChI=1S/C32H35N5O3/c1-22-19-27-28(20-25(22)21-38)35-32(40)29(27)30(23-7-4-3-5-8-23)34-26-11-9-24(10-12-26)31(39)33-13-6-14-37-17-15-36(2)16-18-37/h3-5,7-12,19-21,35,40H,6,13-18H2,1-2H3,(H,33,39). The molecular weight excluding hydrogens is 502 g/mol. The zero-order valence-corrected chi connectivity index (χ0v) is 23.0. The number of aryl methyl sites for hydroxylation is 1. The van der Waals surface area contributed by atoms with Crippen molar-refractivity contribution in [2.24, 2.45) is 4.99 Å². The van der Waals surface area contributed by atoms with Gasteiger partial charge in [0.1, 0.15) is 6.29 Å². The van der Waals surface area contributed by atoms with Crippen molar-refractivity contribution in [2.75, 3.05) is 46.3 Å². The molecule has 1 fully saturated rings. The molecule has 206 valence electrons. The van der Waals surface area contributed by atoms with Crippen LogP contribution < -0.4 is 5.32 Å². The van der Waals surface area contributed by atoms with Gasteiger partial charge in [-0.1, -0.05) is 30.3 Å². The van der Waals surface area contributed by atoms with E-state index in [9.17, 15) is 14.7 Å². The molecule has 1 amide bonds. The summed E-state index contributed by atoms with van der Waals surface area (Å²) in [6, 6.07) is 20.4. The number of aliphatic imine (C=N–C) groups is 1. The average molecular weight is 538 g/mol. The van der Waals surface area contributed by atoms with E-state index in [1.165, 1.54) is 0 Å². The fraction of sp³-hybridized carbons (Fsp3) is 0.281. The lowest BCUT2D eigenvalue weighted by Crippen LogP contribution is -2.45. The molecule has 8 nitrogen and oxygen atoms in total. The lowest BCUT2D eigenvalue weighted by atomic mass is 9.98. The van der Waals surface area contributed by atoms with Crippen LogP contribution in [0.15, 0.2) is 71.7 Å². The zero-order chi connectivity index (χ0) is 28.1. The Kier molecular flexibility index (Phi) is 8.38. The number of nitrogens with one attached hydrogen (secondary N) is 2. The Morgan fingerprint density at radius 2 is 1.75 bits per heavy atom. The minimum Gasteiger partial charge on any atom is -0.494 e. The predicted octanol–water partition coefficient (Wildman–Crippen LogP) is 4.53. The summed E-state index contributed by atoms with van der Waals surface area (Å²) >= 11 is 0. The number of aromatic hydroxyl groups is 1. The van der Waals surface area contributed by atoms with Crippen molar-refractivity contribution in [2.45, 2.75) is 13.3 Å². The second-order valence-electron chi connectivity index (χ2n) is 10.3. The van der Waals surface area contributed by atoms with Crippen molar-refractivity contribution in [3.63, 3.8) is 0 Å². The first-order valence-electron chi connectivity index (χ1n) is 13.7. The van der Waals surface area contributed by atoms with Gasteiger partial charge in [0.15, 0.2) is 5.88 Å². The Morgan fingerprint density at radius 1 is 1.02 bits per heavy atom. The van der Waals surface area contributed by atoms with Gasteiger partial charge in [0.2, 0.25) is 0 Å². The van der Waals surface area contributed by atoms with Gasteiger partial charge < -0.3 is 25.2 Å². The summed E-state index contributed by atoms with van der Waals surface area (Å²) in [5.74, 6) is -0.124. The van der Waals surface area contributed by atoms with Crippen LogP contribution in [0, 0.1) is 6.92 Å². The van der Waals surface area contributed by atoms with Crippen LogP contribution in [-0.4, -0.2) is 84.1 Å². The topological polar surface area (TPSA) is 101 Å². The third kappa shape index (κ3) is 6.14. The number of benzene rings is 3. The molecule has 8 heteroatoms. The van der Waals surface area contributed by atoms with Crippen LogP contribution in [0.5, 0.6) is 5.88 Å². The second kappa shape index (κ2) is 12.3. The fourth-order valence-corrected chi connectivity index (χ4v) is 5.07. The van der Waals surface area contributed by atoms with E-state index < -0.39 is 0 Å². The average Bonchev–Trinajstić information content (AvgIpc) is 3.29. The van der Waals surface area contributed by atoms with E-state index in [0.29, 0.717) is 40.2 Å². The molecule has 3 N–H and O–H groups in total. The smallest absolute Gasteiger partial charge is 0.251 e. The third-order valence-corrected chi connectivity index (χ3v) is 7.48. The highest BCUT2D eigenvalue weighted by Crippen LogP contribution is 2.33. The van der Waals surface area contributed by atoms with Crippen molar-refractivity contribution in [3.05, 3.63) is 94.5 Å². The Balaban J connectivity index is 1.34. The predicted molar refractivity (Wildman–Crippen MR) is 159 cm³/mol. The fourth-order valence-electron chi connectivity index (χ4n) is 5.07. The number of hydrogen-bond acceptors (Lipinski definition) is 6. The zero-order valence-electron chi connectivity index (χ0n) is 23.0. The summed E-state index contributed by atoms with van der Waals surface area (Å²) in [5.41, 5.74) is 5.24. The maximum atomic E-state index is 12.7. The van der Waals surface area contributed by atoms with Gasteiger partial charge in [-0.2, -0.15) is 0 Å². The van der Waals surface area contributed by atoms with Gasteiger partial charge in [0.05, 0.1) is 17.0 Å². The van der Waals surface area contributed by atoms with E-state index in [4.69, 9.17) is 4.99 Å². The number of piperazine rings is 1. The molecule has 2 heterocycles. The van der Waals surface area contributed by atoms with Crippen LogP contribution in [0.25, 0.3) is 10.9 Å². The monoisotopic (exact) mass is 537 g/mol. The number of rotatable bonds is 9. The Bertz CT molecular complexity index is 1520. The number of aromatic amines is 1. The van der Waals surface area contributed by atoms with Crippen molar-refractivity contribution in [1.82, 2.24) is 20.1 Å². The third-order valence-electron chi connectivity index (χ3n) is 7.48. The van der Waals surface area contributed by atoms with Crippen molar-refractivity contribution in [1.29, 1.82) is 0 Å². The normalized spacial score (nSPS) is 14.9. The molecule has 5 rings (SSSR count). The number of carbonyl (C=O) groups excluding carboxylic acids is 2. The number of likely N-dealkylation sites (N-methyl/N-ethyl adjacent to an activating group) is 1. The first-order valence-corrected chi connectivity index (χ1v) is 13.7. The van der Waals surface area contributed by atoms with E-state index in [0.717, 1.165) is 61.9 Å². The molecular formula is C32H35N5O3. The van der Waals surface area contributed by atoms with Gasteiger partial charge in [0, 0.05) is 60.3 Å². The van der Waals surface area contributed by atoms with Gasteiger partial charge in [-0.15, -0.1) is 0 Å². The molecule has 0 saturated carbocycles. The summed E-state index contributed by atoms with van der Waals surface area (Å²) in [7, 11) is 2.15. The van der Waals surface area contributed by atoms with Gasteiger partial charge in [-0.05, 0) is 68.9 Å². The highest BCUT2D eigenvalue weighted by atomic mass is 16.3. The van der Waals surface area contributed by atoms with Gasteiger partial charge in [0.25, 0.3) is 5.91 Å². The molecule has 1 aliphatic heterocycles. The molecule has 1 saturated heterocycles. The van der Waals surface area contributed by atoms with E-state index >= 15 is 0 Å². The van der Waals surface area contributed by atoms with E-state index in [-0.39, 0.29) is 11.8 Å². The maximum absolute atomic E-state index is 12.7. The van der Waals surface area contributed by atoms with Crippen LogP contribution in [0.3, 0.4) is 0 Å². The quantitative estimate of drug-likeness (QED) is 0.165. The van der Waals surface area contributed by atoms with Gasteiger partial charge in [-0.25, -0.2) is 4.99 Å². The molecule has 0 atom stereocenters. The van der Waals surface area contributed by atoms with Crippen molar-refractivity contribution >= 4 is 34.5 Å². The molecule has 0 bridgehead atoms. The number of carbonyl (C=O) groups is 2. The molecule has 1 aromatic heterocycles. The van der Waals surface area contributed by atoms with Crippen LogP contribution >= 0.6 is 0 Å². The first-order chi connectivity index (χ1) is 19.4. The van der Waals surface area contributed by atoms with Crippen molar-refractivity contribution < 1.29 is 14.7 Å². The van der Waals surface area contributed by atoms with Gasteiger partial charge in [-0.3, -0.25) is 9.59 Å². The molecule has 40 heavy (non-hydrogen) atoms. The lowest BCUT2D eigenvalue weighted by molar-refractivity contribution is 0.0949. The van der Waals surface area contributed by atoms with Crippen molar-refractivity contribution in [3.8, 4) is 5.88 Å². The summed E-state index contributed by atoms with van der Waals surface area (Å²) in [5, 5.41) is 14.7. The molecule has 1 aliphatic rings. The molecule has 0 spiro atoms. The Labute approximate surface area is 234 Å². The summed E-state index contributed by atoms with van der Waals surface area (Å²) in [4.78, 5) is 36.9. The summed E-state index contributed by atoms with van der Waals surface area (Å²) in [6.45, 7) is 7.82. The summed E-state index contributed by atoms with van der Waals surface area (Å²) < 4.78 is 0. The number of hydrogen-bond donors (Lipinski definition) is 3. The molecule has 0 aliphatic carbocycles. The highest BCUT2D eigenvalue weighted by Gasteiger charge is 2.20. The SMILES string of the molecule is Cc1cc2c(C(=Nc3ccc(C(=O)NCCCN4CCN(C)CC4)cc3)c3ccccc3)c(O)[nH]c2cc1C=O. The molecule has 4 aromatic rings. The van der Waals surface area contributed by atoms with Crippen LogP contribution in [-0.2, 0) is 0 Å². The van der Waals surface area contributed by atoms with E-state index in [2.05, 4.69) is 27.1 Å². The molecule has 3 aromatic carbocycles. The Hall–Kier alpha value is -4.27. The van der Waals surface area contributed by atoms with Crippen LogP contribution in [0.2, 0.25) is 0 Å². The van der Waals surface area contributed by atoms with Crippen LogP contribution in [0.1, 0.15) is 43.8 Å². The first kappa shape index (κ1) is 27.3. The largest absolute Gasteiger partial charge is 0.494 e. The minimum absolute atomic E-state index is 0.0207. The number of H-pyrrole nitrogens is 1. The Morgan fingerprint density at radius 3 is 2.45 bits per heavy atom. The van der Waals surface area contributed by atoms with E-state index in [1.54, 1.807) is 18.2 Å². The lowest BCUT2D eigenvalue weighted by Gasteiger charge is -2.32. The number of nitrogens with zero attached hydrogens (tertiary/aromatic N) is 3. The number of aldehydes is 1. The number of aromatic nitrogens is 1. The number of fused-ring (bicyclic) bond motifs is 1. The maximum Gasteiger partial charge on any atom is 0.251 e. The minimum atomic E-state index is -0.104. The summed E-state index contributed by atoms with van der Waals surface area (Å²) in [6.07, 6.45) is 1.73. The van der Waals surface area contributed by atoms with Gasteiger partial charge >= 0.3 is 0 Å². The molecule has 0 unspecified atom stereocenters. The molecule has 0 radical (unpaired) electrons. The van der Waals surface area contributed by atoms with E-state index in [1.807, 2.05) is 55.5 Å². The number of amides is 1.